The van der Waals surface area contributed by atoms with Gasteiger partial charge in [-0.2, -0.15) is 0 Å². The number of benzene rings is 1. The van der Waals surface area contributed by atoms with Gasteiger partial charge in [0.15, 0.2) is 0 Å². The van der Waals surface area contributed by atoms with Crippen molar-refractivity contribution in [3.63, 3.8) is 0 Å². The summed E-state index contributed by atoms with van der Waals surface area (Å²) in [6, 6.07) is 7.92. The number of nitrogens with zero attached hydrogens (tertiary/aromatic N) is 4. The van der Waals surface area contributed by atoms with Crippen LogP contribution in [0.25, 0.3) is 21.3 Å². The van der Waals surface area contributed by atoms with E-state index in [0.717, 1.165) is 17.6 Å². The summed E-state index contributed by atoms with van der Waals surface area (Å²) >= 11 is 0. The van der Waals surface area contributed by atoms with Gasteiger partial charge in [0.25, 0.3) is 0 Å². The van der Waals surface area contributed by atoms with Gasteiger partial charge in [-0.3, -0.25) is 4.79 Å². The van der Waals surface area contributed by atoms with Crippen molar-refractivity contribution in [2.45, 2.75) is 52.0 Å². The van der Waals surface area contributed by atoms with Gasteiger partial charge in [0, 0.05) is 34.2 Å². The molecule has 0 bridgehead atoms. The number of amides is 1. The van der Waals surface area contributed by atoms with E-state index in [1.54, 1.807) is 0 Å². The van der Waals surface area contributed by atoms with Crippen molar-refractivity contribution < 1.29 is 4.79 Å². The van der Waals surface area contributed by atoms with Crippen LogP contribution < -0.4 is 5.32 Å². The third-order valence-electron chi connectivity index (χ3n) is 4.08. The molecule has 128 valence electrons. The number of fused-ring (bicyclic) bond motifs is 1. The van der Waals surface area contributed by atoms with Crippen molar-refractivity contribution in [2.24, 2.45) is 5.11 Å². The zero-order valence-electron chi connectivity index (χ0n) is 14.2. The van der Waals surface area contributed by atoms with Gasteiger partial charge in [-0.15, -0.1) is 0 Å². The molecule has 1 aromatic heterocycles. The maximum Gasteiger partial charge on any atom is 0.230 e. The van der Waals surface area contributed by atoms with Crippen molar-refractivity contribution >= 4 is 22.5 Å². The summed E-state index contributed by atoms with van der Waals surface area (Å²) in [5.74, 6) is -0.307. The summed E-state index contributed by atoms with van der Waals surface area (Å²) in [6.45, 7) is 3.07. The lowest BCUT2D eigenvalue weighted by Gasteiger charge is -2.07. The van der Waals surface area contributed by atoms with Crippen LogP contribution in [0, 0.1) is 0 Å². The molecule has 0 saturated carbocycles. The molecule has 0 atom stereocenters. The Morgan fingerprint density at radius 1 is 1.21 bits per heavy atom. The Balaban J connectivity index is 1.90. The van der Waals surface area contributed by atoms with Crippen LogP contribution in [-0.2, 0) is 11.3 Å². The summed E-state index contributed by atoms with van der Waals surface area (Å²) in [5.41, 5.74) is 10.1. The normalized spacial score (nSPS) is 10.5. The molecule has 2 rings (SSSR count). The number of aromatic nitrogens is 1. The number of anilines is 1. The Morgan fingerprint density at radius 2 is 2.00 bits per heavy atom. The number of carbonyl (C=O) groups is 1. The Labute approximate surface area is 142 Å². The molecule has 0 fully saturated rings. The number of unbranched alkanes of at least 4 members (excludes halogenated alkanes) is 5. The smallest absolute Gasteiger partial charge is 0.230 e. The molecule has 0 aliphatic carbocycles. The molecular weight excluding hydrogens is 302 g/mol. The molecule has 6 nitrogen and oxygen atoms in total. The lowest BCUT2D eigenvalue weighted by molar-refractivity contribution is -0.114. The minimum Gasteiger partial charge on any atom is -0.347 e. The van der Waals surface area contributed by atoms with Crippen molar-refractivity contribution in [3.8, 4) is 0 Å². The van der Waals surface area contributed by atoms with E-state index in [-0.39, 0.29) is 12.5 Å². The Hall–Kier alpha value is -2.46. The van der Waals surface area contributed by atoms with E-state index < -0.39 is 0 Å². The molecule has 1 aromatic carbocycles. The lowest BCUT2D eigenvalue weighted by Crippen LogP contribution is -2.14. The van der Waals surface area contributed by atoms with E-state index in [0.29, 0.717) is 0 Å². The second-order valence-corrected chi connectivity index (χ2v) is 5.99. The minimum absolute atomic E-state index is 0.187. The van der Waals surface area contributed by atoms with Gasteiger partial charge in [-0.25, -0.2) is 0 Å². The molecule has 24 heavy (non-hydrogen) atoms. The average Bonchev–Trinajstić information content (AvgIpc) is 2.98. The summed E-state index contributed by atoms with van der Waals surface area (Å²) in [4.78, 5) is 14.2. The zero-order valence-corrected chi connectivity index (χ0v) is 14.2. The first-order chi connectivity index (χ1) is 11.7. The standard InChI is InChI=1S/C18H25N5O/c1-2-3-4-5-6-7-11-23-12-10-15-13-16(8-9-17(15)23)21-18(24)14-20-22-19/h8-10,12-13H,2-7,11,14H2,1H3,(H,21,24). The van der Waals surface area contributed by atoms with Gasteiger partial charge in [0.2, 0.25) is 5.91 Å². The molecule has 6 heteroatoms. The third-order valence-corrected chi connectivity index (χ3v) is 4.08. The molecule has 1 amide bonds. The van der Waals surface area contributed by atoms with Gasteiger partial charge in [-0.05, 0) is 36.2 Å². The molecule has 2 aromatic rings. The van der Waals surface area contributed by atoms with E-state index in [9.17, 15) is 4.79 Å². The quantitative estimate of drug-likeness (QED) is 0.275. The number of hydrogen-bond acceptors (Lipinski definition) is 2. The highest BCUT2D eigenvalue weighted by atomic mass is 16.1. The minimum atomic E-state index is -0.307. The van der Waals surface area contributed by atoms with Gasteiger partial charge in [0.05, 0.1) is 0 Å². The maximum absolute atomic E-state index is 11.6. The van der Waals surface area contributed by atoms with Crippen LogP contribution >= 0.6 is 0 Å². The molecule has 0 spiro atoms. The molecule has 0 unspecified atom stereocenters. The van der Waals surface area contributed by atoms with Crippen molar-refractivity contribution in [3.05, 3.63) is 40.9 Å². The Bertz CT molecular complexity index is 715. The second-order valence-electron chi connectivity index (χ2n) is 5.99. The number of rotatable bonds is 10. The SMILES string of the molecule is CCCCCCCCn1ccc2cc(NC(=O)CN=[N+]=[N-])ccc21. The Kier molecular flexibility index (Phi) is 7.18. The Morgan fingerprint density at radius 3 is 2.79 bits per heavy atom. The topological polar surface area (TPSA) is 82.8 Å². The first-order valence-electron chi connectivity index (χ1n) is 8.64. The van der Waals surface area contributed by atoms with E-state index in [1.807, 2.05) is 18.2 Å². The van der Waals surface area contributed by atoms with Crippen LogP contribution in [0.1, 0.15) is 45.4 Å². The fourth-order valence-electron chi connectivity index (χ4n) is 2.83. The number of azide groups is 1. The number of nitrogens with one attached hydrogen (secondary N) is 1. The highest BCUT2D eigenvalue weighted by Gasteiger charge is 2.05. The van der Waals surface area contributed by atoms with E-state index in [2.05, 4.69) is 39.1 Å². The summed E-state index contributed by atoms with van der Waals surface area (Å²) in [5, 5.41) is 7.10. The predicted molar refractivity (Wildman–Crippen MR) is 98.0 cm³/mol. The van der Waals surface area contributed by atoms with Crippen LogP contribution in [-0.4, -0.2) is 17.0 Å². The van der Waals surface area contributed by atoms with Crippen molar-refractivity contribution in [1.82, 2.24) is 4.57 Å². The molecule has 0 radical (unpaired) electrons. The first kappa shape index (κ1) is 17.9. The van der Waals surface area contributed by atoms with Gasteiger partial charge in [0.1, 0.15) is 6.54 Å². The maximum atomic E-state index is 11.6. The van der Waals surface area contributed by atoms with E-state index in [1.165, 1.54) is 44.0 Å². The first-order valence-corrected chi connectivity index (χ1v) is 8.64. The number of carbonyl (C=O) groups excluding carboxylic acids is 1. The lowest BCUT2D eigenvalue weighted by atomic mass is 10.1. The van der Waals surface area contributed by atoms with Crippen LogP contribution in [0.2, 0.25) is 0 Å². The third kappa shape index (κ3) is 5.32. The predicted octanol–water partition coefficient (Wildman–Crippen LogP) is 5.25. The van der Waals surface area contributed by atoms with E-state index in [4.69, 9.17) is 5.53 Å². The fourth-order valence-corrected chi connectivity index (χ4v) is 2.83. The summed E-state index contributed by atoms with van der Waals surface area (Å²) in [7, 11) is 0. The van der Waals surface area contributed by atoms with E-state index >= 15 is 0 Å². The molecule has 1 N–H and O–H groups in total. The molecular formula is C18H25N5O. The van der Waals surface area contributed by atoms with Gasteiger partial charge < -0.3 is 9.88 Å². The van der Waals surface area contributed by atoms with Crippen molar-refractivity contribution in [2.75, 3.05) is 11.9 Å². The molecule has 1 heterocycles. The highest BCUT2D eigenvalue weighted by Crippen LogP contribution is 2.21. The molecule has 0 aliphatic rings. The molecule has 0 saturated heterocycles. The highest BCUT2D eigenvalue weighted by molar-refractivity contribution is 5.95. The van der Waals surface area contributed by atoms with Crippen LogP contribution in [0.4, 0.5) is 5.69 Å². The van der Waals surface area contributed by atoms with Gasteiger partial charge in [-0.1, -0.05) is 44.1 Å². The van der Waals surface area contributed by atoms with Crippen LogP contribution in [0.3, 0.4) is 0 Å². The second kappa shape index (κ2) is 9.63. The summed E-state index contributed by atoms with van der Waals surface area (Å²) in [6.07, 6.45) is 9.83. The van der Waals surface area contributed by atoms with Gasteiger partial charge >= 0.3 is 0 Å². The fraction of sp³-hybridized carbons (Fsp3) is 0.500. The average molecular weight is 327 g/mol. The largest absolute Gasteiger partial charge is 0.347 e. The monoisotopic (exact) mass is 327 g/mol. The molecule has 0 aliphatic heterocycles. The number of aryl methyl sites for hydroxylation is 1. The summed E-state index contributed by atoms with van der Waals surface area (Å²) < 4.78 is 2.26. The zero-order chi connectivity index (χ0) is 17.2. The number of hydrogen-bond donors (Lipinski definition) is 1. The van der Waals surface area contributed by atoms with Crippen LogP contribution in [0.5, 0.6) is 0 Å². The van der Waals surface area contributed by atoms with Crippen LogP contribution in [0.15, 0.2) is 35.6 Å². The van der Waals surface area contributed by atoms with Crippen molar-refractivity contribution in [1.29, 1.82) is 0 Å².